The van der Waals surface area contributed by atoms with Gasteiger partial charge in [0.2, 0.25) is 0 Å². The zero-order valence-electron chi connectivity index (χ0n) is 19.3. The Morgan fingerprint density at radius 2 is 1.44 bits per heavy atom. The SMILES string of the molecule is CCOP(=O)(OCC)O/C(=C\SP(=O)(Oc1ccccc1)Oc1ccccc1)C1=CCCCC1. The van der Waals surface area contributed by atoms with Gasteiger partial charge in [-0.15, -0.1) is 0 Å². The van der Waals surface area contributed by atoms with E-state index in [1.807, 2.05) is 18.2 Å². The second-order valence-electron chi connectivity index (χ2n) is 7.19. The summed E-state index contributed by atoms with van der Waals surface area (Å²) in [6.07, 6.45) is 5.65. The van der Waals surface area contributed by atoms with Gasteiger partial charge in [-0.1, -0.05) is 42.5 Å². The minimum atomic E-state index is -3.85. The number of phosphoric acid groups is 1. The standard InChI is InChI=1S/C24H30O7P2S/c1-3-27-32(25,28-4-2)31-24(21-14-8-5-9-15-21)20-34-33(26,29-22-16-10-6-11-17-22)30-23-18-12-7-13-19-23/h6-7,10-14,16-20H,3-5,8-9,15H2,1-2H3/b24-20-. The van der Waals surface area contributed by atoms with Crippen LogP contribution >= 0.6 is 26.0 Å². The normalized spacial score (nSPS) is 14.9. The van der Waals surface area contributed by atoms with Crippen molar-refractivity contribution in [1.29, 1.82) is 0 Å². The molecule has 0 radical (unpaired) electrons. The Balaban J connectivity index is 1.92. The smallest absolute Gasteiger partial charge is 0.408 e. The molecule has 34 heavy (non-hydrogen) atoms. The van der Waals surface area contributed by atoms with Crippen molar-refractivity contribution in [3.63, 3.8) is 0 Å². The predicted octanol–water partition coefficient (Wildman–Crippen LogP) is 8.53. The van der Waals surface area contributed by atoms with Crippen LogP contribution in [0.2, 0.25) is 0 Å². The van der Waals surface area contributed by atoms with Gasteiger partial charge in [-0.3, -0.25) is 9.05 Å². The lowest BCUT2D eigenvalue weighted by Gasteiger charge is -2.23. The van der Waals surface area contributed by atoms with Crippen LogP contribution < -0.4 is 9.05 Å². The summed E-state index contributed by atoms with van der Waals surface area (Å²) >= 11 is 0.843. The first-order valence-corrected chi connectivity index (χ1v) is 15.7. The average molecular weight is 525 g/mol. The maximum absolute atomic E-state index is 13.8. The molecule has 2 aromatic rings. The fourth-order valence-corrected chi connectivity index (χ4v) is 7.19. The highest BCUT2D eigenvalue weighted by molar-refractivity contribution is 8.56. The first kappa shape index (κ1) is 26.7. The zero-order valence-corrected chi connectivity index (χ0v) is 21.9. The lowest BCUT2D eigenvalue weighted by atomic mass is 9.99. The Morgan fingerprint density at radius 1 is 0.882 bits per heavy atom. The van der Waals surface area contributed by atoms with Crippen molar-refractivity contribution >= 4 is 26.0 Å². The summed E-state index contributed by atoms with van der Waals surface area (Å²) in [5.74, 6) is 1.08. The molecule has 10 heteroatoms. The molecule has 2 aromatic carbocycles. The number of rotatable bonds is 13. The topological polar surface area (TPSA) is 80.3 Å². The third-order valence-corrected chi connectivity index (χ3v) is 9.16. The van der Waals surface area contributed by atoms with Gasteiger partial charge in [-0.25, -0.2) is 9.13 Å². The molecule has 0 saturated carbocycles. The largest absolute Gasteiger partial charge is 0.530 e. The zero-order chi connectivity index (χ0) is 24.3. The molecule has 1 aliphatic rings. The molecule has 0 amide bonds. The van der Waals surface area contributed by atoms with Crippen LogP contribution in [0.3, 0.4) is 0 Å². The van der Waals surface area contributed by atoms with Gasteiger partial charge in [0.15, 0.2) is 0 Å². The van der Waals surface area contributed by atoms with Crippen LogP contribution in [0, 0.1) is 0 Å². The van der Waals surface area contributed by atoms with Crippen LogP contribution in [0.4, 0.5) is 0 Å². The summed E-state index contributed by atoms with van der Waals surface area (Å²) in [7, 11) is -3.85. The van der Waals surface area contributed by atoms with Crippen molar-refractivity contribution < 1.29 is 31.7 Å². The highest BCUT2D eigenvalue weighted by Gasteiger charge is 2.33. The third kappa shape index (κ3) is 8.37. The van der Waals surface area contributed by atoms with E-state index in [1.54, 1.807) is 62.4 Å². The molecular formula is C24H30O7P2S. The van der Waals surface area contributed by atoms with Crippen LogP contribution in [-0.4, -0.2) is 13.2 Å². The molecule has 0 fully saturated rings. The van der Waals surface area contributed by atoms with E-state index in [2.05, 4.69) is 0 Å². The minimum Gasteiger partial charge on any atom is -0.408 e. The summed E-state index contributed by atoms with van der Waals surface area (Å²) in [4.78, 5) is 0. The van der Waals surface area contributed by atoms with Crippen molar-refractivity contribution in [3.05, 3.63) is 83.5 Å². The van der Waals surface area contributed by atoms with Gasteiger partial charge in [0, 0.05) is 16.8 Å². The first-order valence-electron chi connectivity index (χ1n) is 11.2. The molecule has 0 unspecified atom stereocenters. The monoisotopic (exact) mass is 524 g/mol. The molecule has 7 nitrogen and oxygen atoms in total. The van der Waals surface area contributed by atoms with Gasteiger partial charge >= 0.3 is 14.6 Å². The van der Waals surface area contributed by atoms with E-state index in [4.69, 9.17) is 22.6 Å². The van der Waals surface area contributed by atoms with Gasteiger partial charge in [-0.05, 0) is 69.4 Å². The van der Waals surface area contributed by atoms with Gasteiger partial charge in [0.1, 0.15) is 17.3 Å². The average Bonchev–Trinajstić information content (AvgIpc) is 2.84. The van der Waals surface area contributed by atoms with E-state index in [9.17, 15) is 9.13 Å². The van der Waals surface area contributed by atoms with E-state index in [-0.39, 0.29) is 19.0 Å². The van der Waals surface area contributed by atoms with Crippen molar-refractivity contribution in [2.45, 2.75) is 39.5 Å². The van der Waals surface area contributed by atoms with Crippen LogP contribution in [0.1, 0.15) is 39.5 Å². The first-order chi connectivity index (χ1) is 16.5. The van der Waals surface area contributed by atoms with E-state index in [0.717, 1.165) is 42.6 Å². The lowest BCUT2D eigenvalue weighted by molar-refractivity contribution is 0.147. The van der Waals surface area contributed by atoms with Crippen molar-refractivity contribution in [1.82, 2.24) is 0 Å². The third-order valence-electron chi connectivity index (χ3n) is 4.60. The van der Waals surface area contributed by atoms with Crippen LogP contribution in [0.5, 0.6) is 11.5 Å². The molecule has 1 aliphatic carbocycles. The van der Waals surface area contributed by atoms with Crippen molar-refractivity contribution in [2.75, 3.05) is 13.2 Å². The summed E-state index contributed by atoms with van der Waals surface area (Å²) < 4.78 is 55.0. The van der Waals surface area contributed by atoms with Crippen LogP contribution in [0.25, 0.3) is 0 Å². The van der Waals surface area contributed by atoms with Gasteiger partial charge < -0.3 is 13.6 Å². The molecule has 3 rings (SSSR count). The Hall–Kier alpha value is -1.95. The number of benzene rings is 2. The quantitative estimate of drug-likeness (QED) is 0.191. The molecule has 0 saturated heterocycles. The number of hydrogen-bond donors (Lipinski definition) is 0. The van der Waals surface area contributed by atoms with Crippen LogP contribution in [0.15, 0.2) is 83.5 Å². The number of hydrogen-bond acceptors (Lipinski definition) is 8. The fraction of sp³-hybridized carbons (Fsp3) is 0.333. The summed E-state index contributed by atoms with van der Waals surface area (Å²) in [5.41, 5.74) is 0.851. The maximum Gasteiger partial charge on any atom is 0.530 e. The molecule has 0 heterocycles. The van der Waals surface area contributed by atoms with Crippen molar-refractivity contribution in [2.24, 2.45) is 0 Å². The summed E-state index contributed by atoms with van der Waals surface area (Å²) in [6.45, 7) is -0.0683. The molecule has 0 aromatic heterocycles. The van der Waals surface area contributed by atoms with Crippen molar-refractivity contribution in [3.8, 4) is 11.5 Å². The van der Waals surface area contributed by atoms with Crippen LogP contribution in [-0.2, 0) is 22.7 Å². The fourth-order valence-electron chi connectivity index (χ4n) is 3.14. The molecule has 0 aliphatic heterocycles. The molecular weight excluding hydrogens is 494 g/mol. The lowest BCUT2D eigenvalue weighted by Crippen LogP contribution is -2.04. The Bertz CT molecular complexity index is 1000. The van der Waals surface area contributed by atoms with Gasteiger partial charge in [0.05, 0.1) is 13.2 Å². The molecule has 0 spiro atoms. The number of allylic oxidation sites excluding steroid dienone is 2. The van der Waals surface area contributed by atoms with E-state index in [1.165, 1.54) is 5.41 Å². The Labute approximate surface area is 205 Å². The Kier molecular flexibility index (Phi) is 10.4. The molecule has 0 bridgehead atoms. The number of para-hydroxylation sites is 2. The Morgan fingerprint density at radius 3 is 1.91 bits per heavy atom. The highest BCUT2D eigenvalue weighted by Crippen LogP contribution is 2.62. The number of phosphoric ester groups is 1. The second-order valence-corrected chi connectivity index (χ2v) is 12.5. The molecule has 0 atom stereocenters. The van der Waals surface area contributed by atoms with E-state index in [0.29, 0.717) is 11.5 Å². The summed E-state index contributed by atoms with van der Waals surface area (Å²) in [5, 5.41) is 1.52. The molecule has 0 N–H and O–H groups in total. The maximum atomic E-state index is 13.8. The highest BCUT2D eigenvalue weighted by atomic mass is 32.7. The van der Waals surface area contributed by atoms with E-state index < -0.39 is 14.6 Å². The second kappa shape index (κ2) is 13.2. The van der Waals surface area contributed by atoms with Gasteiger partial charge in [0.25, 0.3) is 0 Å². The predicted molar refractivity (Wildman–Crippen MR) is 136 cm³/mol. The minimum absolute atomic E-state index is 0.156. The summed E-state index contributed by atoms with van der Waals surface area (Å²) in [6, 6.07) is 17.6. The molecule has 184 valence electrons. The van der Waals surface area contributed by atoms with Gasteiger partial charge in [-0.2, -0.15) is 0 Å². The van der Waals surface area contributed by atoms with E-state index >= 15 is 0 Å².